The van der Waals surface area contributed by atoms with Crippen molar-refractivity contribution in [2.45, 2.75) is 51.4 Å². The number of aliphatic carboxylic acids is 1. The third-order valence-electron chi connectivity index (χ3n) is 4.39. The minimum Gasteiger partial charge on any atom is -0.481 e. The molecule has 0 saturated heterocycles. The first-order chi connectivity index (χ1) is 13.9. The fourth-order valence-electron chi connectivity index (χ4n) is 2.74. The van der Waals surface area contributed by atoms with Crippen LogP contribution in [-0.4, -0.2) is 35.5 Å². The summed E-state index contributed by atoms with van der Waals surface area (Å²) in [7, 11) is -1.36. The molecule has 0 bridgehead atoms. The van der Waals surface area contributed by atoms with Crippen molar-refractivity contribution in [1.82, 2.24) is 9.78 Å². The normalized spacial score (nSPS) is 12.2. The van der Waals surface area contributed by atoms with Crippen LogP contribution in [0.2, 0.25) is 25.7 Å². The van der Waals surface area contributed by atoms with Gasteiger partial charge in [0.2, 0.25) is 0 Å². The van der Waals surface area contributed by atoms with Crippen molar-refractivity contribution in [1.29, 1.82) is 0 Å². The topological polar surface area (TPSA) is 81.4 Å². The summed E-state index contributed by atoms with van der Waals surface area (Å²) in [5, 5.41) is 12.9. The largest absolute Gasteiger partial charge is 0.481 e. The van der Waals surface area contributed by atoms with Gasteiger partial charge in [0, 0.05) is 32.7 Å². The number of hydrogen-bond acceptors (Lipinski definition) is 4. The number of carboxylic acids is 1. The number of carboxylic acid groups (broad SMARTS) is 1. The molecule has 6 nitrogen and oxygen atoms in total. The van der Waals surface area contributed by atoms with Gasteiger partial charge in [-0.05, 0) is 18.0 Å². The van der Waals surface area contributed by atoms with Crippen LogP contribution in [0, 0.1) is 0 Å². The molecule has 0 amide bonds. The second kappa shape index (κ2) is 9.56. The molecule has 164 valence electrons. The highest BCUT2D eigenvalue weighted by Crippen LogP contribution is 2.36. The second-order valence-corrected chi connectivity index (χ2v) is 13.8. The van der Waals surface area contributed by atoms with E-state index in [-0.39, 0.29) is 25.1 Å². The van der Waals surface area contributed by atoms with E-state index in [0.29, 0.717) is 18.2 Å². The highest BCUT2D eigenvalue weighted by molar-refractivity contribution is 6.76. The highest BCUT2D eigenvalue weighted by Gasteiger charge is 2.36. The molecule has 10 heteroatoms. The van der Waals surface area contributed by atoms with E-state index in [4.69, 9.17) is 9.84 Å². The van der Waals surface area contributed by atoms with Gasteiger partial charge in [-0.3, -0.25) is 9.59 Å². The van der Waals surface area contributed by atoms with Crippen LogP contribution in [0.5, 0.6) is 0 Å². The molecule has 1 N–H and O–H groups in total. The summed E-state index contributed by atoms with van der Waals surface area (Å²) in [6.45, 7) is 6.60. The van der Waals surface area contributed by atoms with Crippen LogP contribution in [0.25, 0.3) is 11.3 Å². The number of alkyl halides is 3. The van der Waals surface area contributed by atoms with Crippen LogP contribution < -0.4 is 5.56 Å². The maximum atomic E-state index is 13.6. The maximum Gasteiger partial charge on any atom is 0.418 e. The number of aromatic nitrogens is 2. The van der Waals surface area contributed by atoms with E-state index in [1.807, 2.05) is 0 Å². The van der Waals surface area contributed by atoms with E-state index in [1.54, 1.807) is 18.2 Å². The number of aryl methyl sites for hydroxylation is 1. The molecule has 0 atom stereocenters. The molecule has 1 heterocycles. The summed E-state index contributed by atoms with van der Waals surface area (Å²) in [4.78, 5) is 23.1. The van der Waals surface area contributed by atoms with E-state index >= 15 is 0 Å². The standard InChI is InChI=1S/C20H25F3N2O4Si/c1-30(2,3)11-10-29-13-25-17(26)12-16(20(21,22)23)19(24-25)15-7-5-4-6-14(15)8-9-18(27)28/h4-7,12H,8-11,13H2,1-3H3,(H,27,28). The summed E-state index contributed by atoms with van der Waals surface area (Å²) in [6.07, 6.45) is -4.99. The van der Waals surface area contributed by atoms with E-state index in [0.717, 1.165) is 10.7 Å². The van der Waals surface area contributed by atoms with Gasteiger partial charge in [-0.15, -0.1) is 0 Å². The Kier molecular flexibility index (Phi) is 7.59. The molecule has 0 aliphatic heterocycles. The van der Waals surface area contributed by atoms with Crippen molar-refractivity contribution < 1.29 is 27.8 Å². The number of hydrogen-bond donors (Lipinski definition) is 1. The molecular formula is C20H25F3N2O4Si. The van der Waals surface area contributed by atoms with E-state index in [2.05, 4.69) is 24.7 Å². The van der Waals surface area contributed by atoms with Crippen LogP contribution in [-0.2, 0) is 28.9 Å². The number of nitrogens with zero attached hydrogens (tertiary/aromatic N) is 2. The molecule has 30 heavy (non-hydrogen) atoms. The van der Waals surface area contributed by atoms with Crippen LogP contribution in [0.15, 0.2) is 35.1 Å². The Bertz CT molecular complexity index is 952. The van der Waals surface area contributed by atoms with Crippen molar-refractivity contribution in [3.8, 4) is 11.3 Å². The monoisotopic (exact) mass is 442 g/mol. The molecular weight excluding hydrogens is 417 g/mol. The lowest BCUT2D eigenvalue weighted by molar-refractivity contribution is -0.138. The Hall–Kier alpha value is -2.46. The third kappa shape index (κ3) is 6.80. The molecule has 1 aromatic heterocycles. The van der Waals surface area contributed by atoms with Gasteiger partial charge in [-0.1, -0.05) is 43.9 Å². The smallest absolute Gasteiger partial charge is 0.418 e. The molecule has 0 fully saturated rings. The first kappa shape index (κ1) is 23.8. The zero-order chi connectivity index (χ0) is 22.5. The zero-order valence-corrected chi connectivity index (χ0v) is 18.1. The molecule has 0 saturated carbocycles. The summed E-state index contributed by atoms with van der Waals surface area (Å²) in [6, 6.07) is 7.51. The zero-order valence-electron chi connectivity index (χ0n) is 17.1. The highest BCUT2D eigenvalue weighted by atomic mass is 28.3. The van der Waals surface area contributed by atoms with E-state index < -0.39 is 37.0 Å². The molecule has 0 radical (unpaired) electrons. The van der Waals surface area contributed by atoms with Gasteiger partial charge in [-0.2, -0.15) is 18.3 Å². The molecule has 0 unspecified atom stereocenters. The average molecular weight is 443 g/mol. The first-order valence-corrected chi connectivity index (χ1v) is 13.2. The molecule has 0 aliphatic carbocycles. The van der Waals surface area contributed by atoms with Crippen molar-refractivity contribution >= 4 is 14.0 Å². The Balaban J connectivity index is 2.45. The fourth-order valence-corrected chi connectivity index (χ4v) is 3.49. The quantitative estimate of drug-likeness (QED) is 0.464. The van der Waals surface area contributed by atoms with E-state index in [9.17, 15) is 22.8 Å². The van der Waals surface area contributed by atoms with Crippen LogP contribution in [0.3, 0.4) is 0 Å². The Morgan fingerprint density at radius 2 is 1.90 bits per heavy atom. The van der Waals surface area contributed by atoms with Crippen molar-refractivity contribution in [2.24, 2.45) is 0 Å². The lowest BCUT2D eigenvalue weighted by atomic mass is 9.97. The van der Waals surface area contributed by atoms with Gasteiger partial charge >= 0.3 is 12.1 Å². The van der Waals surface area contributed by atoms with Gasteiger partial charge in [0.1, 0.15) is 12.4 Å². The third-order valence-corrected chi connectivity index (χ3v) is 6.10. The lowest BCUT2D eigenvalue weighted by Crippen LogP contribution is -2.28. The van der Waals surface area contributed by atoms with Crippen molar-refractivity contribution in [3.05, 3.63) is 51.8 Å². The first-order valence-electron chi connectivity index (χ1n) is 9.45. The van der Waals surface area contributed by atoms with Gasteiger partial charge in [0.05, 0.1) is 5.56 Å². The van der Waals surface area contributed by atoms with Gasteiger partial charge in [0.25, 0.3) is 5.56 Å². The number of ether oxygens (including phenoxy) is 1. The van der Waals surface area contributed by atoms with Crippen LogP contribution in [0.4, 0.5) is 13.2 Å². The maximum absolute atomic E-state index is 13.6. The summed E-state index contributed by atoms with van der Waals surface area (Å²) < 4.78 is 47.2. The summed E-state index contributed by atoms with van der Waals surface area (Å²) in [5.41, 5.74) is -1.95. The van der Waals surface area contributed by atoms with E-state index in [1.165, 1.54) is 6.07 Å². The predicted molar refractivity (Wildman–Crippen MR) is 109 cm³/mol. The van der Waals surface area contributed by atoms with Crippen LogP contribution >= 0.6 is 0 Å². The van der Waals surface area contributed by atoms with Gasteiger partial charge < -0.3 is 9.84 Å². The molecule has 2 rings (SSSR count). The molecule has 0 aliphatic rings. The van der Waals surface area contributed by atoms with Gasteiger partial charge in [0.15, 0.2) is 0 Å². The Morgan fingerprint density at radius 1 is 1.23 bits per heavy atom. The van der Waals surface area contributed by atoms with Crippen LogP contribution in [0.1, 0.15) is 17.5 Å². The second-order valence-electron chi connectivity index (χ2n) is 8.14. The lowest BCUT2D eigenvalue weighted by Gasteiger charge is -2.18. The molecule has 1 aromatic carbocycles. The summed E-state index contributed by atoms with van der Waals surface area (Å²) >= 11 is 0. The minimum atomic E-state index is -4.79. The SMILES string of the molecule is C[Si](C)(C)CCOCn1nc(-c2ccccc2CCC(=O)O)c(C(F)(F)F)cc1=O. The van der Waals surface area contributed by atoms with Crippen molar-refractivity contribution in [3.63, 3.8) is 0 Å². The number of rotatable bonds is 9. The summed E-state index contributed by atoms with van der Waals surface area (Å²) in [5.74, 6) is -1.06. The number of benzene rings is 1. The number of halogens is 3. The average Bonchev–Trinajstić information content (AvgIpc) is 2.63. The minimum absolute atomic E-state index is 0.0380. The fraction of sp³-hybridized carbons (Fsp3) is 0.450. The Labute approximate surface area is 173 Å². The number of carbonyl (C=O) groups is 1. The molecule has 0 spiro atoms. The Morgan fingerprint density at radius 3 is 2.50 bits per heavy atom. The van der Waals surface area contributed by atoms with Crippen molar-refractivity contribution in [2.75, 3.05) is 6.61 Å². The molecule has 2 aromatic rings. The van der Waals surface area contributed by atoms with Gasteiger partial charge in [-0.25, -0.2) is 4.68 Å². The predicted octanol–water partition coefficient (Wildman–Crippen LogP) is 4.26.